The summed E-state index contributed by atoms with van der Waals surface area (Å²) in [4.78, 5) is 25.3. The number of aryl methyl sites for hydroxylation is 1. The Balaban J connectivity index is 1.77. The number of nitrogens with one attached hydrogen (secondary N) is 1. The second kappa shape index (κ2) is 12.2. The van der Waals surface area contributed by atoms with E-state index in [0.29, 0.717) is 13.0 Å². The lowest BCUT2D eigenvalue weighted by Gasteiger charge is -2.31. The molecule has 1 saturated heterocycles. The third kappa shape index (κ3) is 8.70. The van der Waals surface area contributed by atoms with Crippen LogP contribution in [0.5, 0.6) is 0 Å². The Morgan fingerprint density at radius 2 is 1.71 bits per heavy atom. The third-order valence-electron chi connectivity index (χ3n) is 6.18. The molecule has 1 N–H and O–H groups in total. The molecule has 3 rings (SSSR count). The number of amides is 1. The van der Waals surface area contributed by atoms with Crippen molar-refractivity contribution >= 4 is 12.1 Å². The average molecular weight is 482 g/mol. The number of rotatable bonds is 6. The third-order valence-corrected chi connectivity index (χ3v) is 6.18. The molecule has 1 heterocycles. The van der Waals surface area contributed by atoms with Gasteiger partial charge in [-0.25, -0.2) is 9.59 Å². The molecule has 6 heteroatoms. The van der Waals surface area contributed by atoms with Gasteiger partial charge >= 0.3 is 12.1 Å². The van der Waals surface area contributed by atoms with Crippen LogP contribution in [0, 0.1) is 12.8 Å². The van der Waals surface area contributed by atoms with Crippen molar-refractivity contribution in [3.63, 3.8) is 0 Å². The van der Waals surface area contributed by atoms with Crippen LogP contribution in [0.15, 0.2) is 54.6 Å². The van der Waals surface area contributed by atoms with E-state index in [4.69, 9.17) is 14.2 Å². The van der Waals surface area contributed by atoms with Crippen LogP contribution in [0.2, 0.25) is 0 Å². The number of cyclic esters (lactones) is 1. The molecule has 2 aromatic rings. The van der Waals surface area contributed by atoms with E-state index in [1.807, 2.05) is 37.3 Å². The van der Waals surface area contributed by atoms with Crippen molar-refractivity contribution in [2.45, 2.75) is 90.8 Å². The summed E-state index contributed by atoms with van der Waals surface area (Å²) in [7, 11) is 0. The molecule has 1 amide bonds. The van der Waals surface area contributed by atoms with Gasteiger partial charge in [-0.15, -0.1) is 0 Å². The quantitative estimate of drug-likeness (QED) is 0.532. The van der Waals surface area contributed by atoms with Gasteiger partial charge in [0.05, 0.1) is 12.7 Å². The van der Waals surface area contributed by atoms with Crippen LogP contribution in [0.4, 0.5) is 4.79 Å². The SMILES string of the molecule is Cc1ccc(C[C@H]2CCC[C@H](NC(=O)OC(C)(C)C)C(=O)O[C@@H](C)[C@@H]2OCc2ccccc2)cc1. The summed E-state index contributed by atoms with van der Waals surface area (Å²) in [5, 5.41) is 2.71. The molecule has 0 spiro atoms. The summed E-state index contributed by atoms with van der Waals surface area (Å²) in [5.74, 6) is -0.294. The van der Waals surface area contributed by atoms with E-state index in [9.17, 15) is 9.59 Å². The molecule has 35 heavy (non-hydrogen) atoms. The van der Waals surface area contributed by atoms with Gasteiger partial charge in [0.15, 0.2) is 0 Å². The van der Waals surface area contributed by atoms with Crippen molar-refractivity contribution in [2.75, 3.05) is 0 Å². The normalized spacial score (nSPS) is 23.4. The van der Waals surface area contributed by atoms with Crippen LogP contribution >= 0.6 is 0 Å². The number of carbonyl (C=O) groups is 2. The number of alkyl carbamates (subject to hydrolysis) is 1. The molecule has 0 radical (unpaired) electrons. The van der Waals surface area contributed by atoms with Gasteiger partial charge in [0.1, 0.15) is 17.7 Å². The zero-order chi connectivity index (χ0) is 25.4. The minimum atomic E-state index is -0.750. The fourth-order valence-corrected chi connectivity index (χ4v) is 4.45. The minimum Gasteiger partial charge on any atom is -0.458 e. The van der Waals surface area contributed by atoms with Crippen LogP contribution in [0.25, 0.3) is 0 Å². The number of ether oxygens (including phenoxy) is 3. The van der Waals surface area contributed by atoms with Crippen molar-refractivity contribution < 1.29 is 23.8 Å². The zero-order valence-corrected chi connectivity index (χ0v) is 21.6. The monoisotopic (exact) mass is 481 g/mol. The van der Waals surface area contributed by atoms with Crippen LogP contribution in [-0.4, -0.2) is 35.9 Å². The van der Waals surface area contributed by atoms with Gasteiger partial charge in [0.2, 0.25) is 0 Å². The number of carbonyl (C=O) groups excluding carboxylic acids is 2. The number of hydrogen-bond donors (Lipinski definition) is 1. The van der Waals surface area contributed by atoms with Crippen molar-refractivity contribution in [1.82, 2.24) is 5.32 Å². The van der Waals surface area contributed by atoms with E-state index in [0.717, 1.165) is 24.8 Å². The maximum absolute atomic E-state index is 13.0. The molecule has 1 aliphatic heterocycles. The van der Waals surface area contributed by atoms with Crippen molar-refractivity contribution in [2.24, 2.45) is 5.92 Å². The molecule has 4 atom stereocenters. The van der Waals surface area contributed by atoms with Crippen LogP contribution < -0.4 is 5.32 Å². The van der Waals surface area contributed by atoms with Gasteiger partial charge in [0.25, 0.3) is 0 Å². The molecule has 1 aliphatic rings. The molecule has 0 aliphatic carbocycles. The van der Waals surface area contributed by atoms with Gasteiger partial charge in [-0.3, -0.25) is 0 Å². The minimum absolute atomic E-state index is 0.157. The fourth-order valence-electron chi connectivity index (χ4n) is 4.45. The Kier molecular flexibility index (Phi) is 9.33. The first-order chi connectivity index (χ1) is 16.6. The molecule has 0 saturated carbocycles. The molecule has 190 valence electrons. The van der Waals surface area contributed by atoms with E-state index in [-0.39, 0.29) is 12.0 Å². The standard InChI is InChI=1S/C29H39NO5/c1-20-14-16-22(17-15-20)18-24-12-9-13-25(30-28(32)35-29(3,4)5)27(31)34-21(2)26(24)33-19-23-10-7-6-8-11-23/h6-8,10-11,14-17,21,24-26H,9,12-13,18-19H2,1-5H3,(H,30,32)/t21-,24+,25-,26-/m0/s1. The largest absolute Gasteiger partial charge is 0.458 e. The smallest absolute Gasteiger partial charge is 0.408 e. The molecule has 0 aromatic heterocycles. The Labute approximate surface area is 209 Å². The van der Waals surface area contributed by atoms with Crippen molar-refractivity contribution in [1.29, 1.82) is 0 Å². The number of hydrogen-bond acceptors (Lipinski definition) is 5. The van der Waals surface area contributed by atoms with Crippen LogP contribution in [-0.2, 0) is 32.0 Å². The zero-order valence-electron chi connectivity index (χ0n) is 21.6. The summed E-state index contributed by atoms with van der Waals surface area (Å²) >= 11 is 0. The predicted molar refractivity (Wildman–Crippen MR) is 136 cm³/mol. The maximum Gasteiger partial charge on any atom is 0.408 e. The van der Waals surface area contributed by atoms with Gasteiger partial charge in [0, 0.05) is 0 Å². The highest BCUT2D eigenvalue weighted by atomic mass is 16.6. The lowest BCUT2D eigenvalue weighted by molar-refractivity contribution is -0.161. The molecule has 0 bridgehead atoms. The van der Waals surface area contributed by atoms with Gasteiger partial charge in [-0.2, -0.15) is 0 Å². The second-order valence-corrected chi connectivity index (χ2v) is 10.5. The molecular weight excluding hydrogens is 442 g/mol. The summed E-state index contributed by atoms with van der Waals surface area (Å²) < 4.78 is 17.6. The van der Waals surface area contributed by atoms with Crippen LogP contribution in [0.1, 0.15) is 63.6 Å². The summed E-state index contributed by atoms with van der Waals surface area (Å²) in [6, 6.07) is 17.8. The maximum atomic E-state index is 13.0. The van der Waals surface area contributed by atoms with Crippen LogP contribution in [0.3, 0.4) is 0 Å². The number of benzene rings is 2. The Morgan fingerprint density at radius 1 is 1.03 bits per heavy atom. The predicted octanol–water partition coefficient (Wildman–Crippen LogP) is 5.75. The second-order valence-electron chi connectivity index (χ2n) is 10.5. The molecule has 2 aromatic carbocycles. The lowest BCUT2D eigenvalue weighted by Crippen LogP contribution is -2.46. The highest BCUT2D eigenvalue weighted by Crippen LogP contribution is 2.28. The lowest BCUT2D eigenvalue weighted by atomic mass is 9.86. The van der Waals surface area contributed by atoms with E-state index in [1.54, 1.807) is 20.8 Å². The summed E-state index contributed by atoms with van der Waals surface area (Å²) in [6.45, 7) is 9.78. The Morgan fingerprint density at radius 3 is 2.37 bits per heavy atom. The van der Waals surface area contributed by atoms with E-state index in [1.165, 1.54) is 11.1 Å². The number of esters is 1. The average Bonchev–Trinajstić information content (AvgIpc) is 2.83. The fraction of sp³-hybridized carbons (Fsp3) is 0.517. The highest BCUT2D eigenvalue weighted by molar-refractivity contribution is 5.81. The Hall–Kier alpha value is -2.86. The van der Waals surface area contributed by atoms with E-state index >= 15 is 0 Å². The molecule has 1 fully saturated rings. The first-order valence-electron chi connectivity index (χ1n) is 12.5. The Bertz CT molecular complexity index is 951. The van der Waals surface area contributed by atoms with E-state index in [2.05, 4.69) is 36.5 Å². The molecule has 6 nitrogen and oxygen atoms in total. The molecule has 0 unspecified atom stereocenters. The first-order valence-corrected chi connectivity index (χ1v) is 12.5. The van der Waals surface area contributed by atoms with Gasteiger partial charge in [-0.1, -0.05) is 66.6 Å². The summed E-state index contributed by atoms with van der Waals surface area (Å²) in [6.07, 6.45) is 1.56. The topological polar surface area (TPSA) is 73.9 Å². The first kappa shape index (κ1) is 26.7. The van der Waals surface area contributed by atoms with Gasteiger partial charge in [-0.05, 0) is 70.9 Å². The molecular formula is C29H39NO5. The van der Waals surface area contributed by atoms with E-state index < -0.39 is 29.8 Å². The highest BCUT2D eigenvalue weighted by Gasteiger charge is 2.35. The van der Waals surface area contributed by atoms with Crippen molar-refractivity contribution in [3.05, 3.63) is 71.3 Å². The van der Waals surface area contributed by atoms with Gasteiger partial charge < -0.3 is 19.5 Å². The van der Waals surface area contributed by atoms with Crippen molar-refractivity contribution in [3.8, 4) is 0 Å². The summed E-state index contributed by atoms with van der Waals surface area (Å²) in [5.41, 5.74) is 2.88.